The Morgan fingerprint density at radius 1 is 1.18 bits per heavy atom. The maximum Gasteiger partial charge on any atom is 0.518 e. The zero-order valence-electron chi connectivity index (χ0n) is 11.4. The van der Waals surface area contributed by atoms with Crippen LogP contribution in [0.15, 0.2) is 0 Å². The van der Waals surface area contributed by atoms with Crippen LogP contribution in [0.5, 0.6) is 0 Å². The van der Waals surface area contributed by atoms with Gasteiger partial charge in [-0.05, 0) is 41.5 Å². The molecule has 94 valence electrons. The van der Waals surface area contributed by atoms with Crippen molar-refractivity contribution < 1.29 is 9.31 Å². The molecule has 0 N–H and O–H groups in total. The fraction of sp³-hybridized carbons (Fsp3) is 0.818. The summed E-state index contributed by atoms with van der Waals surface area (Å²) in [5, 5.41) is 8.24. The highest BCUT2D eigenvalue weighted by Crippen LogP contribution is 2.36. The van der Waals surface area contributed by atoms with Crippen molar-refractivity contribution in [3.05, 3.63) is 5.69 Å². The van der Waals surface area contributed by atoms with E-state index < -0.39 is 7.12 Å². The Morgan fingerprint density at radius 2 is 1.71 bits per heavy atom. The number of aryl methyl sites for hydroxylation is 1. The molecule has 5 nitrogen and oxygen atoms in total. The van der Waals surface area contributed by atoms with Crippen molar-refractivity contribution in [2.75, 3.05) is 0 Å². The second-order valence-electron chi connectivity index (χ2n) is 5.46. The number of nitrogens with zero attached hydrogens (tertiary/aromatic N) is 3. The molecule has 1 fully saturated rings. The van der Waals surface area contributed by atoms with Crippen LogP contribution in [0.2, 0.25) is 0 Å². The topological polar surface area (TPSA) is 49.2 Å². The number of aromatic nitrogens is 3. The van der Waals surface area contributed by atoms with Crippen LogP contribution in [0.25, 0.3) is 0 Å². The molecule has 17 heavy (non-hydrogen) atoms. The molecule has 0 aliphatic carbocycles. The number of hydrogen-bond acceptors (Lipinski definition) is 4. The van der Waals surface area contributed by atoms with Crippen molar-refractivity contribution in [2.45, 2.75) is 59.3 Å². The fourth-order valence-electron chi connectivity index (χ4n) is 1.85. The van der Waals surface area contributed by atoms with Crippen molar-refractivity contribution in [3.63, 3.8) is 0 Å². The summed E-state index contributed by atoms with van der Waals surface area (Å²) in [6.07, 6.45) is 0. The second kappa shape index (κ2) is 3.81. The van der Waals surface area contributed by atoms with E-state index in [4.69, 9.17) is 9.31 Å². The first-order chi connectivity index (χ1) is 7.78. The van der Waals surface area contributed by atoms with E-state index >= 15 is 0 Å². The lowest BCUT2D eigenvalue weighted by atomic mass is 9.83. The van der Waals surface area contributed by atoms with E-state index in [2.05, 4.69) is 10.3 Å². The molecule has 1 aliphatic rings. The van der Waals surface area contributed by atoms with Gasteiger partial charge in [0.15, 0.2) is 0 Å². The third-order valence-corrected chi connectivity index (χ3v) is 3.79. The maximum absolute atomic E-state index is 5.95. The molecule has 2 rings (SSSR count). The van der Waals surface area contributed by atoms with Crippen LogP contribution in [0.4, 0.5) is 0 Å². The van der Waals surface area contributed by atoms with Gasteiger partial charge in [0.1, 0.15) is 5.59 Å². The minimum Gasteiger partial charge on any atom is -0.398 e. The molecule has 0 radical (unpaired) electrons. The van der Waals surface area contributed by atoms with E-state index in [1.807, 2.05) is 46.2 Å². The zero-order valence-corrected chi connectivity index (χ0v) is 11.4. The van der Waals surface area contributed by atoms with Crippen LogP contribution in [0.3, 0.4) is 0 Å². The van der Waals surface area contributed by atoms with Crippen LogP contribution in [-0.2, 0) is 15.9 Å². The molecule has 0 atom stereocenters. The van der Waals surface area contributed by atoms with Gasteiger partial charge in [0.25, 0.3) is 0 Å². The molecule has 1 aliphatic heterocycles. The van der Waals surface area contributed by atoms with Gasteiger partial charge in [-0.25, -0.2) is 0 Å². The Morgan fingerprint density at radius 3 is 2.12 bits per heavy atom. The maximum atomic E-state index is 5.95. The first-order valence-electron chi connectivity index (χ1n) is 6.04. The predicted octanol–water partition coefficient (Wildman–Crippen LogP) is 0.906. The summed E-state index contributed by atoms with van der Waals surface area (Å²) in [5.74, 6) is 0. The smallest absolute Gasteiger partial charge is 0.398 e. The lowest BCUT2D eigenvalue weighted by molar-refractivity contribution is 0.00578. The molecular weight excluding hydrogens is 217 g/mol. The van der Waals surface area contributed by atoms with Crippen molar-refractivity contribution in [3.8, 4) is 0 Å². The lowest BCUT2D eigenvalue weighted by Crippen LogP contribution is -2.41. The van der Waals surface area contributed by atoms with E-state index in [-0.39, 0.29) is 11.2 Å². The van der Waals surface area contributed by atoms with Gasteiger partial charge in [0.05, 0.1) is 16.9 Å². The van der Waals surface area contributed by atoms with E-state index in [9.17, 15) is 0 Å². The van der Waals surface area contributed by atoms with Gasteiger partial charge in [-0.1, -0.05) is 5.21 Å². The molecule has 0 spiro atoms. The first kappa shape index (κ1) is 12.6. The van der Waals surface area contributed by atoms with Crippen LogP contribution >= 0.6 is 0 Å². The van der Waals surface area contributed by atoms with Crippen molar-refractivity contribution in [2.24, 2.45) is 0 Å². The minimum absolute atomic E-state index is 0.333. The summed E-state index contributed by atoms with van der Waals surface area (Å²) in [7, 11) is -0.416. The average molecular weight is 237 g/mol. The molecule has 0 amide bonds. The zero-order chi connectivity index (χ0) is 12.8. The summed E-state index contributed by atoms with van der Waals surface area (Å²) in [6.45, 7) is 13.0. The van der Waals surface area contributed by atoms with Gasteiger partial charge in [-0.2, -0.15) is 0 Å². The van der Waals surface area contributed by atoms with Crippen LogP contribution in [-0.4, -0.2) is 33.3 Å². The molecule has 0 aromatic carbocycles. The average Bonchev–Trinajstić information content (AvgIpc) is 2.65. The van der Waals surface area contributed by atoms with Crippen LogP contribution in [0, 0.1) is 6.92 Å². The summed E-state index contributed by atoms with van der Waals surface area (Å²) < 4.78 is 13.7. The van der Waals surface area contributed by atoms with E-state index in [1.165, 1.54) is 0 Å². The summed E-state index contributed by atoms with van der Waals surface area (Å²) in [5.41, 5.74) is 1.12. The van der Waals surface area contributed by atoms with Crippen LogP contribution in [0.1, 0.15) is 40.3 Å². The molecule has 1 aromatic rings. The Bertz CT molecular complexity index is 412. The molecule has 0 saturated carbocycles. The monoisotopic (exact) mass is 237 g/mol. The third-order valence-electron chi connectivity index (χ3n) is 3.79. The molecule has 6 heteroatoms. The largest absolute Gasteiger partial charge is 0.518 e. The SMILES string of the molecule is CCn1nnc(B2OC(C)(C)C(C)(C)O2)c1C. The molecular formula is C11H20BN3O2. The van der Waals surface area contributed by atoms with E-state index in [0.29, 0.717) is 0 Å². The van der Waals surface area contributed by atoms with E-state index in [1.54, 1.807) is 0 Å². The van der Waals surface area contributed by atoms with Gasteiger partial charge in [-0.15, -0.1) is 5.10 Å². The second-order valence-corrected chi connectivity index (χ2v) is 5.46. The Kier molecular flexibility index (Phi) is 2.82. The van der Waals surface area contributed by atoms with Crippen molar-refractivity contribution in [1.29, 1.82) is 0 Å². The highest BCUT2D eigenvalue weighted by Gasteiger charge is 2.53. The van der Waals surface area contributed by atoms with Crippen LogP contribution < -0.4 is 5.59 Å². The minimum atomic E-state index is -0.416. The summed E-state index contributed by atoms with van der Waals surface area (Å²) in [4.78, 5) is 0. The molecule has 1 saturated heterocycles. The lowest BCUT2D eigenvalue weighted by Gasteiger charge is -2.32. The van der Waals surface area contributed by atoms with Gasteiger partial charge in [-0.3, -0.25) is 4.68 Å². The molecule has 2 heterocycles. The first-order valence-corrected chi connectivity index (χ1v) is 6.04. The standard InChI is InChI=1S/C11H20BN3O2/c1-7-15-8(2)9(13-14-15)12-16-10(3,4)11(5,6)17-12/h7H2,1-6H3. The molecule has 0 bridgehead atoms. The predicted molar refractivity (Wildman–Crippen MR) is 66.1 cm³/mol. The van der Waals surface area contributed by atoms with Gasteiger partial charge in [0.2, 0.25) is 0 Å². The Balaban J connectivity index is 2.29. The van der Waals surface area contributed by atoms with E-state index in [0.717, 1.165) is 17.8 Å². The normalized spacial score (nSPS) is 22.1. The highest BCUT2D eigenvalue weighted by atomic mass is 16.7. The fourth-order valence-corrected chi connectivity index (χ4v) is 1.85. The Hall–Kier alpha value is -0.875. The molecule has 1 aromatic heterocycles. The van der Waals surface area contributed by atoms with Crippen molar-refractivity contribution >= 4 is 12.7 Å². The van der Waals surface area contributed by atoms with Gasteiger partial charge in [0, 0.05) is 6.54 Å². The quantitative estimate of drug-likeness (QED) is 0.717. The van der Waals surface area contributed by atoms with Gasteiger partial charge < -0.3 is 9.31 Å². The molecule has 0 unspecified atom stereocenters. The third kappa shape index (κ3) is 1.89. The van der Waals surface area contributed by atoms with Crippen molar-refractivity contribution in [1.82, 2.24) is 15.0 Å². The Labute approximate surface area is 103 Å². The highest BCUT2D eigenvalue weighted by molar-refractivity contribution is 6.61. The van der Waals surface area contributed by atoms with Gasteiger partial charge >= 0.3 is 7.12 Å². The number of rotatable bonds is 2. The summed E-state index contributed by atoms with van der Waals surface area (Å²) in [6, 6.07) is 0. The number of hydrogen-bond donors (Lipinski definition) is 0. The summed E-state index contributed by atoms with van der Waals surface area (Å²) >= 11 is 0.